The summed E-state index contributed by atoms with van der Waals surface area (Å²) in [6.45, 7) is 0. The maximum atomic E-state index is 10.7. The van der Waals surface area contributed by atoms with E-state index < -0.39 is 5.54 Å². The van der Waals surface area contributed by atoms with E-state index in [1.807, 2.05) is 0 Å². The molecule has 0 amide bonds. The fraction of sp³-hybridized carbons (Fsp3) is 0.875. The fourth-order valence-electron chi connectivity index (χ4n) is 1.88. The highest BCUT2D eigenvalue weighted by atomic mass is 16.6. The summed E-state index contributed by atoms with van der Waals surface area (Å²) in [5.41, 5.74) is -0.763. The van der Waals surface area contributed by atoms with Crippen molar-refractivity contribution in [2.45, 2.75) is 44.1 Å². The van der Waals surface area contributed by atoms with Crippen molar-refractivity contribution in [3.63, 3.8) is 0 Å². The van der Waals surface area contributed by atoms with Crippen molar-refractivity contribution in [3.8, 4) is 0 Å². The molecule has 4 nitrogen and oxygen atoms in total. The highest BCUT2D eigenvalue weighted by Crippen LogP contribution is 2.35. The van der Waals surface area contributed by atoms with E-state index in [2.05, 4.69) is 0 Å². The minimum absolute atomic E-state index is 0.191. The molecule has 0 aromatic carbocycles. The molecule has 0 radical (unpaired) electrons. The van der Waals surface area contributed by atoms with Crippen LogP contribution in [-0.4, -0.2) is 16.7 Å². The maximum absolute atomic E-state index is 10.7. The number of rotatable bonds is 4. The van der Waals surface area contributed by atoms with Crippen molar-refractivity contribution < 1.29 is 9.72 Å². The van der Waals surface area contributed by atoms with E-state index in [1.54, 1.807) is 0 Å². The Hall–Kier alpha value is -0.930. The third kappa shape index (κ3) is 1.62. The molecule has 0 atom stereocenters. The van der Waals surface area contributed by atoms with Gasteiger partial charge in [0, 0.05) is 30.6 Å². The Morgan fingerprint density at radius 3 is 2.42 bits per heavy atom. The molecule has 1 aliphatic carbocycles. The Labute approximate surface area is 71.1 Å². The Kier molecular flexibility index (Phi) is 2.78. The first-order valence-electron chi connectivity index (χ1n) is 4.29. The van der Waals surface area contributed by atoms with Gasteiger partial charge in [0.25, 0.3) is 0 Å². The van der Waals surface area contributed by atoms with E-state index in [9.17, 15) is 14.9 Å². The quantitative estimate of drug-likeness (QED) is 0.366. The van der Waals surface area contributed by atoms with Crippen LogP contribution in [-0.2, 0) is 4.79 Å². The third-order valence-corrected chi connectivity index (χ3v) is 2.65. The summed E-state index contributed by atoms with van der Waals surface area (Å²) < 4.78 is 0. The Bertz CT molecular complexity index is 185. The lowest BCUT2D eigenvalue weighted by atomic mass is 9.93. The second-order valence-corrected chi connectivity index (χ2v) is 3.39. The topological polar surface area (TPSA) is 60.2 Å². The molecule has 4 heteroatoms. The molecule has 1 fully saturated rings. The van der Waals surface area contributed by atoms with Gasteiger partial charge in [0.1, 0.15) is 6.29 Å². The lowest BCUT2D eigenvalue weighted by Crippen LogP contribution is -2.34. The Morgan fingerprint density at radius 1 is 1.42 bits per heavy atom. The summed E-state index contributed by atoms with van der Waals surface area (Å²) in [6, 6.07) is 0. The number of aldehydes is 1. The zero-order chi connectivity index (χ0) is 9.03. The third-order valence-electron chi connectivity index (χ3n) is 2.65. The van der Waals surface area contributed by atoms with Crippen LogP contribution >= 0.6 is 0 Å². The summed E-state index contributed by atoms with van der Waals surface area (Å²) in [7, 11) is 0. The molecular formula is C8H13NO3. The summed E-state index contributed by atoms with van der Waals surface area (Å²) in [5.74, 6) is 0. The second kappa shape index (κ2) is 3.65. The average molecular weight is 171 g/mol. The zero-order valence-electron chi connectivity index (χ0n) is 6.99. The largest absolute Gasteiger partial charge is 0.303 e. The minimum atomic E-state index is -0.763. The van der Waals surface area contributed by atoms with E-state index in [0.717, 1.165) is 19.1 Å². The fourth-order valence-corrected chi connectivity index (χ4v) is 1.88. The first kappa shape index (κ1) is 9.16. The van der Waals surface area contributed by atoms with Gasteiger partial charge in [-0.15, -0.1) is 0 Å². The zero-order valence-corrected chi connectivity index (χ0v) is 6.99. The van der Waals surface area contributed by atoms with Crippen LogP contribution < -0.4 is 0 Å². The van der Waals surface area contributed by atoms with Crippen molar-refractivity contribution in [2.75, 3.05) is 0 Å². The van der Waals surface area contributed by atoms with Gasteiger partial charge in [0.15, 0.2) is 0 Å². The van der Waals surface area contributed by atoms with Crippen LogP contribution in [0.2, 0.25) is 0 Å². The number of nitrogens with zero attached hydrogens (tertiary/aromatic N) is 1. The number of carbonyl (C=O) groups is 1. The normalized spacial score (nSPS) is 20.7. The second-order valence-electron chi connectivity index (χ2n) is 3.39. The van der Waals surface area contributed by atoms with E-state index in [1.165, 1.54) is 0 Å². The summed E-state index contributed by atoms with van der Waals surface area (Å²) in [6.07, 6.45) is 4.66. The highest BCUT2D eigenvalue weighted by molar-refractivity contribution is 5.49. The molecule has 0 aromatic rings. The predicted molar refractivity (Wildman–Crippen MR) is 43.5 cm³/mol. The first-order chi connectivity index (χ1) is 5.71. The number of hydrogen-bond donors (Lipinski definition) is 0. The van der Waals surface area contributed by atoms with Crippen LogP contribution in [0.25, 0.3) is 0 Å². The van der Waals surface area contributed by atoms with Crippen LogP contribution in [0.15, 0.2) is 0 Å². The molecule has 0 heterocycles. The van der Waals surface area contributed by atoms with Crippen molar-refractivity contribution in [1.29, 1.82) is 0 Å². The summed E-state index contributed by atoms with van der Waals surface area (Å²) in [5, 5.41) is 10.7. The van der Waals surface area contributed by atoms with Gasteiger partial charge in [-0.2, -0.15) is 0 Å². The predicted octanol–water partition coefficient (Wildman–Crippen LogP) is 1.55. The smallest absolute Gasteiger partial charge is 0.222 e. The van der Waals surface area contributed by atoms with Crippen LogP contribution in [0.3, 0.4) is 0 Å². The number of nitro groups is 1. The van der Waals surface area contributed by atoms with Crippen LogP contribution in [0.1, 0.15) is 38.5 Å². The molecule has 0 saturated heterocycles. The SMILES string of the molecule is O=CCCC1([N+](=O)[O-])CCCC1. The summed E-state index contributed by atoms with van der Waals surface area (Å²) >= 11 is 0. The molecular weight excluding hydrogens is 158 g/mol. The molecule has 1 rings (SSSR count). The highest BCUT2D eigenvalue weighted by Gasteiger charge is 2.44. The van der Waals surface area contributed by atoms with Crippen LogP contribution in [0.4, 0.5) is 0 Å². The van der Waals surface area contributed by atoms with Crippen LogP contribution in [0.5, 0.6) is 0 Å². The lowest BCUT2D eigenvalue weighted by molar-refractivity contribution is -0.569. The number of hydrogen-bond acceptors (Lipinski definition) is 3. The van der Waals surface area contributed by atoms with E-state index >= 15 is 0 Å². The van der Waals surface area contributed by atoms with Crippen molar-refractivity contribution in [1.82, 2.24) is 0 Å². The Balaban J connectivity index is 2.58. The molecule has 0 N–H and O–H groups in total. The van der Waals surface area contributed by atoms with Gasteiger partial charge in [-0.3, -0.25) is 10.1 Å². The maximum Gasteiger partial charge on any atom is 0.222 e. The van der Waals surface area contributed by atoms with Gasteiger partial charge < -0.3 is 4.79 Å². The molecule has 12 heavy (non-hydrogen) atoms. The Morgan fingerprint density at radius 2 is 2.00 bits per heavy atom. The molecule has 1 saturated carbocycles. The van der Waals surface area contributed by atoms with Gasteiger partial charge in [-0.05, 0) is 12.8 Å². The lowest BCUT2D eigenvalue weighted by Gasteiger charge is -2.17. The molecule has 0 bridgehead atoms. The van der Waals surface area contributed by atoms with E-state index in [4.69, 9.17) is 0 Å². The average Bonchev–Trinajstić information content (AvgIpc) is 2.50. The number of carbonyl (C=O) groups excluding carboxylic acids is 1. The molecule has 0 aromatic heterocycles. The minimum Gasteiger partial charge on any atom is -0.303 e. The molecule has 1 aliphatic rings. The van der Waals surface area contributed by atoms with Crippen LogP contribution in [0, 0.1) is 10.1 Å². The first-order valence-corrected chi connectivity index (χ1v) is 4.29. The standard InChI is InChI=1S/C8H13NO3/c10-7-3-6-8(9(11)12)4-1-2-5-8/h7H,1-6H2. The van der Waals surface area contributed by atoms with Gasteiger partial charge in [0.05, 0.1) is 0 Å². The molecule has 68 valence electrons. The van der Waals surface area contributed by atoms with Crippen molar-refractivity contribution in [2.24, 2.45) is 0 Å². The monoisotopic (exact) mass is 171 g/mol. The summed E-state index contributed by atoms with van der Waals surface area (Å²) in [4.78, 5) is 20.6. The van der Waals surface area contributed by atoms with Gasteiger partial charge in [-0.25, -0.2) is 0 Å². The molecule has 0 unspecified atom stereocenters. The van der Waals surface area contributed by atoms with Crippen molar-refractivity contribution in [3.05, 3.63) is 10.1 Å². The van der Waals surface area contributed by atoms with Gasteiger partial charge in [-0.1, -0.05) is 0 Å². The van der Waals surface area contributed by atoms with Gasteiger partial charge >= 0.3 is 0 Å². The van der Waals surface area contributed by atoms with E-state index in [0.29, 0.717) is 25.7 Å². The van der Waals surface area contributed by atoms with Crippen molar-refractivity contribution >= 4 is 6.29 Å². The molecule has 0 aliphatic heterocycles. The van der Waals surface area contributed by atoms with E-state index in [-0.39, 0.29) is 4.92 Å². The molecule has 0 spiro atoms. The van der Waals surface area contributed by atoms with Gasteiger partial charge in [0.2, 0.25) is 5.54 Å².